The van der Waals surface area contributed by atoms with Crippen molar-refractivity contribution in [2.75, 3.05) is 7.11 Å². The lowest BCUT2D eigenvalue weighted by Gasteiger charge is -2.27. The van der Waals surface area contributed by atoms with Crippen LogP contribution >= 0.6 is 23.2 Å². The van der Waals surface area contributed by atoms with Gasteiger partial charge in [0.15, 0.2) is 5.76 Å². The van der Waals surface area contributed by atoms with E-state index in [1.54, 1.807) is 39.0 Å². The predicted molar refractivity (Wildman–Crippen MR) is 154 cm³/mol. The number of benzene rings is 2. The number of rotatable bonds is 3. The van der Waals surface area contributed by atoms with Gasteiger partial charge in [0, 0.05) is 5.92 Å². The van der Waals surface area contributed by atoms with Gasteiger partial charge in [-0.25, -0.2) is 4.79 Å². The number of methoxy groups -OCH3 is 1. The number of carbonyl (C=O) groups is 1. The van der Waals surface area contributed by atoms with Crippen molar-refractivity contribution in [3.05, 3.63) is 115 Å². The second kappa shape index (κ2) is 13.7. The Hall–Kier alpha value is -4.78. The zero-order valence-corrected chi connectivity index (χ0v) is 25.2. The van der Waals surface area contributed by atoms with E-state index in [0.29, 0.717) is 21.9 Å². The van der Waals surface area contributed by atoms with Gasteiger partial charge in [-0.1, -0.05) is 47.5 Å². The van der Waals surface area contributed by atoms with Crippen molar-refractivity contribution in [1.82, 2.24) is 0 Å². The molecule has 0 fully saturated rings. The summed E-state index contributed by atoms with van der Waals surface area (Å²) in [6, 6.07) is 13.6. The summed E-state index contributed by atoms with van der Waals surface area (Å²) in [6.45, 7) is 5.01. The molecule has 4 rings (SSSR count). The van der Waals surface area contributed by atoms with E-state index in [1.165, 1.54) is 19.2 Å². The molecular weight excluding hydrogens is 624 g/mol. The normalized spacial score (nSPS) is 18.3. The SMILES string of the molecule is CC1=C(C)C(c2ccc(C(F)(F)F)cc2)C(C#N)=C(N)O1.COC(=O)OC1=C(C)OC(N)=C(C#N)C1c1cccc(Cl)c1Cl. The molecule has 0 saturated heterocycles. The summed E-state index contributed by atoms with van der Waals surface area (Å²) in [5.74, 6) is -0.588. The fourth-order valence-corrected chi connectivity index (χ4v) is 4.85. The lowest BCUT2D eigenvalue weighted by atomic mass is 9.84. The van der Waals surface area contributed by atoms with E-state index in [2.05, 4.69) is 4.74 Å². The average Bonchev–Trinajstić information content (AvgIpc) is 2.97. The molecule has 0 amide bonds. The van der Waals surface area contributed by atoms with Crippen molar-refractivity contribution in [3.63, 3.8) is 0 Å². The zero-order chi connectivity index (χ0) is 32.9. The minimum atomic E-state index is -4.39. The Morgan fingerprint density at radius 2 is 1.45 bits per heavy atom. The second-order valence-electron chi connectivity index (χ2n) is 9.33. The van der Waals surface area contributed by atoms with Crippen molar-refractivity contribution in [1.29, 1.82) is 10.5 Å². The van der Waals surface area contributed by atoms with Crippen LogP contribution in [-0.4, -0.2) is 13.3 Å². The number of nitrogens with two attached hydrogens (primary N) is 2. The second-order valence-corrected chi connectivity index (χ2v) is 10.1. The molecule has 0 saturated carbocycles. The highest BCUT2D eigenvalue weighted by Crippen LogP contribution is 2.44. The van der Waals surface area contributed by atoms with Gasteiger partial charge >= 0.3 is 12.3 Å². The molecule has 0 aliphatic carbocycles. The Kier molecular flexibility index (Phi) is 10.5. The molecule has 14 heteroatoms. The summed E-state index contributed by atoms with van der Waals surface area (Å²) >= 11 is 12.3. The van der Waals surface area contributed by atoms with Crippen molar-refractivity contribution < 1.29 is 36.9 Å². The standard InChI is InChI=1S/C15H12Cl2N2O4.C15H13F3N2O/c1-7-13(23-15(20)21-2)11(9(6-18)14(19)22-7)8-4-3-5-10(16)12(8)17;1-8-9(2)21-14(20)12(7-19)13(8)10-3-5-11(6-4-10)15(16,17)18/h3-5,11H,19H2,1-2H3;3-6,13H,20H2,1-2H3. The first-order chi connectivity index (χ1) is 20.7. The predicted octanol–water partition coefficient (Wildman–Crippen LogP) is 7.62. The Bertz CT molecular complexity index is 1680. The summed E-state index contributed by atoms with van der Waals surface area (Å²) in [4.78, 5) is 11.5. The third kappa shape index (κ3) is 7.05. The molecule has 2 aromatic rings. The van der Waals surface area contributed by atoms with Crippen molar-refractivity contribution in [3.8, 4) is 12.1 Å². The molecule has 9 nitrogen and oxygen atoms in total. The van der Waals surface area contributed by atoms with Crippen LogP contribution in [0.25, 0.3) is 0 Å². The van der Waals surface area contributed by atoms with Crippen LogP contribution < -0.4 is 11.5 Å². The zero-order valence-electron chi connectivity index (χ0n) is 23.7. The Balaban J connectivity index is 0.000000241. The lowest BCUT2D eigenvalue weighted by Crippen LogP contribution is -2.23. The Labute approximate surface area is 260 Å². The van der Waals surface area contributed by atoms with Crippen LogP contribution in [0, 0.1) is 22.7 Å². The van der Waals surface area contributed by atoms with E-state index in [1.807, 2.05) is 12.1 Å². The fraction of sp³-hybridized carbons (Fsp3) is 0.233. The lowest BCUT2D eigenvalue weighted by molar-refractivity contribution is -0.137. The molecular formula is C30H25Cl2F3N4O5. The smallest absolute Gasteiger partial charge is 0.445 e. The monoisotopic (exact) mass is 648 g/mol. The third-order valence-corrected chi connectivity index (χ3v) is 7.53. The summed E-state index contributed by atoms with van der Waals surface area (Å²) in [7, 11) is 1.17. The van der Waals surface area contributed by atoms with Crippen LogP contribution in [-0.2, 0) is 25.1 Å². The molecule has 2 aliphatic heterocycles. The maximum atomic E-state index is 12.6. The first-order valence-corrected chi connectivity index (χ1v) is 13.3. The molecule has 2 aliphatic rings. The molecule has 0 aromatic heterocycles. The maximum absolute atomic E-state index is 12.6. The minimum absolute atomic E-state index is 0.00880. The van der Waals surface area contributed by atoms with Crippen LogP contribution in [0.1, 0.15) is 49.3 Å². The highest BCUT2D eigenvalue weighted by molar-refractivity contribution is 6.42. The Morgan fingerprint density at radius 1 is 0.909 bits per heavy atom. The van der Waals surface area contributed by atoms with Gasteiger partial charge in [-0.2, -0.15) is 23.7 Å². The van der Waals surface area contributed by atoms with Crippen LogP contribution in [0.2, 0.25) is 10.0 Å². The number of nitriles is 2. The summed E-state index contributed by atoms with van der Waals surface area (Å²) in [6.07, 6.45) is -5.34. The first kappa shape index (κ1) is 33.7. The highest BCUT2D eigenvalue weighted by atomic mass is 35.5. The number of hydrogen-bond acceptors (Lipinski definition) is 9. The van der Waals surface area contributed by atoms with Crippen molar-refractivity contribution in [2.45, 2.75) is 38.8 Å². The van der Waals surface area contributed by atoms with Gasteiger partial charge in [-0.15, -0.1) is 0 Å². The van der Waals surface area contributed by atoms with Crippen molar-refractivity contribution in [2.24, 2.45) is 11.5 Å². The van der Waals surface area contributed by atoms with E-state index in [0.717, 1.165) is 17.7 Å². The first-order valence-electron chi connectivity index (χ1n) is 12.6. The van der Waals surface area contributed by atoms with Gasteiger partial charge in [0.05, 0.1) is 28.6 Å². The van der Waals surface area contributed by atoms with Crippen LogP contribution in [0.5, 0.6) is 0 Å². The molecule has 2 atom stereocenters. The third-order valence-electron chi connectivity index (χ3n) is 6.70. The topological polar surface area (TPSA) is 154 Å². The number of carbonyl (C=O) groups excluding carboxylic acids is 1. The molecule has 2 unspecified atom stereocenters. The van der Waals surface area contributed by atoms with E-state index >= 15 is 0 Å². The number of ether oxygens (including phenoxy) is 4. The maximum Gasteiger partial charge on any atom is 0.513 e. The van der Waals surface area contributed by atoms with E-state index < -0.39 is 29.7 Å². The fourth-order valence-electron chi connectivity index (χ4n) is 4.43. The van der Waals surface area contributed by atoms with Crippen LogP contribution in [0.3, 0.4) is 0 Å². The number of hydrogen-bond donors (Lipinski definition) is 2. The number of nitrogens with zero attached hydrogens (tertiary/aromatic N) is 2. The van der Waals surface area contributed by atoms with Gasteiger partial charge < -0.3 is 30.4 Å². The van der Waals surface area contributed by atoms with Gasteiger partial charge in [-0.3, -0.25) is 0 Å². The molecule has 0 spiro atoms. The van der Waals surface area contributed by atoms with E-state index in [9.17, 15) is 28.5 Å². The molecule has 2 heterocycles. The minimum Gasteiger partial charge on any atom is -0.445 e. The molecule has 2 aromatic carbocycles. The van der Waals surface area contributed by atoms with Gasteiger partial charge in [0.2, 0.25) is 11.8 Å². The van der Waals surface area contributed by atoms with E-state index in [4.69, 9.17) is 48.9 Å². The number of alkyl halides is 3. The average molecular weight is 649 g/mol. The molecule has 44 heavy (non-hydrogen) atoms. The van der Waals surface area contributed by atoms with Crippen LogP contribution in [0.15, 0.2) is 88.2 Å². The number of halogens is 5. The van der Waals surface area contributed by atoms with E-state index in [-0.39, 0.29) is 39.5 Å². The summed E-state index contributed by atoms with van der Waals surface area (Å²) in [5, 5.41) is 19.1. The molecule has 230 valence electrons. The van der Waals surface area contributed by atoms with Crippen molar-refractivity contribution >= 4 is 29.4 Å². The van der Waals surface area contributed by atoms with Crippen LogP contribution in [0.4, 0.5) is 18.0 Å². The molecule has 4 N–H and O–H groups in total. The summed E-state index contributed by atoms with van der Waals surface area (Å²) in [5.41, 5.74) is 12.8. The highest BCUT2D eigenvalue weighted by Gasteiger charge is 2.36. The largest absolute Gasteiger partial charge is 0.513 e. The molecule has 0 radical (unpaired) electrons. The quantitative estimate of drug-likeness (QED) is 0.320. The number of allylic oxidation sites excluding steroid dienone is 5. The Morgan fingerprint density at radius 3 is 1.98 bits per heavy atom. The molecule has 0 bridgehead atoms. The summed E-state index contributed by atoms with van der Waals surface area (Å²) < 4.78 is 58.0. The van der Waals surface area contributed by atoms with Gasteiger partial charge in [-0.05, 0) is 55.7 Å². The van der Waals surface area contributed by atoms with Gasteiger partial charge in [0.1, 0.15) is 34.8 Å². The van der Waals surface area contributed by atoms with Gasteiger partial charge in [0.25, 0.3) is 0 Å².